The zero-order valence-electron chi connectivity index (χ0n) is 21.7. The molecule has 2 amide bonds. The van der Waals surface area contributed by atoms with Crippen molar-refractivity contribution in [1.82, 2.24) is 9.80 Å². The first kappa shape index (κ1) is 27.3. The minimum atomic E-state index is -0.0918. The monoisotopic (exact) mass is 508 g/mol. The van der Waals surface area contributed by atoms with Crippen LogP contribution in [0.25, 0.3) is 0 Å². The zero-order valence-corrected chi connectivity index (χ0v) is 22.5. The number of amides is 2. The Labute approximate surface area is 218 Å². The molecule has 0 fully saturated rings. The summed E-state index contributed by atoms with van der Waals surface area (Å²) in [6.45, 7) is 5.68. The Hall–Kier alpha value is -3.32. The zero-order chi connectivity index (χ0) is 25.9. The van der Waals surface area contributed by atoms with Crippen LogP contribution in [0.5, 0.6) is 11.5 Å². The van der Waals surface area contributed by atoms with E-state index in [-0.39, 0.29) is 18.4 Å². The molecule has 0 radical (unpaired) electrons. The maximum atomic E-state index is 13.6. The topological polar surface area (TPSA) is 59.1 Å². The Bertz CT molecular complexity index is 1130. The lowest BCUT2D eigenvalue weighted by atomic mass is 10.1. The molecule has 36 heavy (non-hydrogen) atoms. The largest absolute Gasteiger partial charge is 0.493 e. The Morgan fingerprint density at radius 2 is 1.69 bits per heavy atom. The van der Waals surface area contributed by atoms with E-state index >= 15 is 0 Å². The first-order chi connectivity index (χ1) is 17.5. The summed E-state index contributed by atoms with van der Waals surface area (Å²) in [6.07, 6.45) is 2.46. The summed E-state index contributed by atoms with van der Waals surface area (Å²) in [5.74, 6) is 1.20. The van der Waals surface area contributed by atoms with Crippen molar-refractivity contribution in [2.24, 2.45) is 0 Å². The van der Waals surface area contributed by atoms with Gasteiger partial charge in [0.15, 0.2) is 11.5 Å². The smallest absolute Gasteiger partial charge is 0.254 e. The Balaban J connectivity index is 1.78. The number of carbonyl (C=O) groups is 2. The fourth-order valence-corrected chi connectivity index (χ4v) is 4.75. The molecule has 0 unspecified atom stereocenters. The molecule has 0 N–H and O–H groups in total. The molecule has 0 aliphatic heterocycles. The number of methoxy groups -OCH3 is 2. The highest BCUT2D eigenvalue weighted by Gasteiger charge is 2.23. The Morgan fingerprint density at radius 1 is 0.917 bits per heavy atom. The molecular weight excluding hydrogens is 472 g/mol. The number of unbranched alkanes of at least 4 members (excludes halogenated alkanes) is 1. The second-order valence-electron chi connectivity index (χ2n) is 8.73. The van der Waals surface area contributed by atoms with Crippen molar-refractivity contribution < 1.29 is 19.1 Å². The van der Waals surface area contributed by atoms with Crippen LogP contribution in [0.4, 0.5) is 0 Å². The highest BCUT2D eigenvalue weighted by Crippen LogP contribution is 2.28. The maximum absolute atomic E-state index is 13.6. The number of ether oxygens (including phenoxy) is 2. The number of aryl methyl sites for hydroxylation is 1. The van der Waals surface area contributed by atoms with Gasteiger partial charge in [-0.05, 0) is 60.5 Å². The van der Waals surface area contributed by atoms with Crippen LogP contribution in [0.15, 0.2) is 60.0 Å². The van der Waals surface area contributed by atoms with Crippen molar-refractivity contribution in [2.45, 2.75) is 39.7 Å². The van der Waals surface area contributed by atoms with Crippen LogP contribution in [0.2, 0.25) is 0 Å². The average molecular weight is 509 g/mol. The maximum Gasteiger partial charge on any atom is 0.254 e. The summed E-state index contributed by atoms with van der Waals surface area (Å²) < 4.78 is 10.8. The standard InChI is InChI=1S/C29H36N2O4S/c1-5-6-16-31(29(33)25-12-8-7-10-22(25)2)21-28(32)30(20-24-11-9-18-36-24)17-15-23-13-14-26(34-3)27(19-23)35-4/h7-14,18-19H,5-6,15-17,20-21H2,1-4H3. The number of carbonyl (C=O) groups excluding carboxylic acids is 2. The molecule has 0 atom stereocenters. The lowest BCUT2D eigenvalue weighted by molar-refractivity contribution is -0.132. The van der Waals surface area contributed by atoms with Crippen molar-refractivity contribution in [3.05, 3.63) is 81.5 Å². The van der Waals surface area contributed by atoms with Crippen LogP contribution >= 0.6 is 11.3 Å². The lowest BCUT2D eigenvalue weighted by Gasteiger charge is -2.28. The van der Waals surface area contributed by atoms with E-state index in [1.165, 1.54) is 0 Å². The van der Waals surface area contributed by atoms with Gasteiger partial charge in [-0.15, -0.1) is 11.3 Å². The average Bonchev–Trinajstić information content (AvgIpc) is 3.41. The van der Waals surface area contributed by atoms with Gasteiger partial charge in [0.25, 0.3) is 5.91 Å². The van der Waals surface area contributed by atoms with E-state index in [1.54, 1.807) is 30.5 Å². The van der Waals surface area contributed by atoms with Crippen molar-refractivity contribution >= 4 is 23.2 Å². The number of benzene rings is 2. The van der Waals surface area contributed by atoms with Gasteiger partial charge in [0.2, 0.25) is 5.91 Å². The quantitative estimate of drug-likeness (QED) is 0.302. The number of thiophene rings is 1. The molecule has 1 aromatic heterocycles. The van der Waals surface area contributed by atoms with E-state index in [2.05, 4.69) is 6.92 Å². The predicted octanol–water partition coefficient (Wildman–Crippen LogP) is 5.59. The summed E-state index contributed by atoms with van der Waals surface area (Å²) in [5.41, 5.74) is 2.62. The first-order valence-electron chi connectivity index (χ1n) is 12.3. The molecule has 3 aromatic rings. The normalized spacial score (nSPS) is 10.7. The molecular formula is C29H36N2O4S. The third-order valence-corrected chi connectivity index (χ3v) is 7.03. The third-order valence-electron chi connectivity index (χ3n) is 6.17. The fourth-order valence-electron chi connectivity index (χ4n) is 4.03. The SMILES string of the molecule is CCCCN(CC(=O)N(CCc1ccc(OC)c(OC)c1)Cc1cccs1)C(=O)c1ccccc1C. The molecule has 0 spiro atoms. The van der Waals surface area contributed by atoms with Gasteiger partial charge in [-0.1, -0.05) is 43.7 Å². The van der Waals surface area contributed by atoms with E-state index in [9.17, 15) is 9.59 Å². The second kappa shape index (κ2) is 13.7. The van der Waals surface area contributed by atoms with Gasteiger partial charge in [0.05, 0.1) is 20.8 Å². The van der Waals surface area contributed by atoms with E-state index in [0.29, 0.717) is 43.1 Å². The molecule has 1 heterocycles. The molecule has 0 saturated carbocycles. The van der Waals surface area contributed by atoms with Gasteiger partial charge in [-0.3, -0.25) is 9.59 Å². The van der Waals surface area contributed by atoms with Gasteiger partial charge in [0, 0.05) is 23.5 Å². The molecule has 0 bridgehead atoms. The number of hydrogen-bond acceptors (Lipinski definition) is 5. The van der Waals surface area contributed by atoms with Crippen LogP contribution in [0, 0.1) is 6.92 Å². The minimum absolute atomic E-state index is 0.0538. The number of nitrogens with zero attached hydrogens (tertiary/aromatic N) is 2. The molecule has 2 aromatic carbocycles. The Morgan fingerprint density at radius 3 is 2.36 bits per heavy atom. The molecule has 192 valence electrons. The fraction of sp³-hybridized carbons (Fsp3) is 0.379. The van der Waals surface area contributed by atoms with Crippen LogP contribution < -0.4 is 9.47 Å². The second-order valence-corrected chi connectivity index (χ2v) is 9.76. The number of hydrogen-bond donors (Lipinski definition) is 0. The van der Waals surface area contributed by atoms with Crippen LogP contribution in [0.3, 0.4) is 0 Å². The van der Waals surface area contributed by atoms with E-state index in [1.807, 2.05) is 71.8 Å². The van der Waals surface area contributed by atoms with Gasteiger partial charge in [0.1, 0.15) is 6.54 Å². The summed E-state index contributed by atoms with van der Waals surface area (Å²) >= 11 is 1.63. The molecule has 3 rings (SSSR count). The van der Waals surface area contributed by atoms with E-state index in [4.69, 9.17) is 9.47 Å². The predicted molar refractivity (Wildman–Crippen MR) is 145 cm³/mol. The van der Waals surface area contributed by atoms with Gasteiger partial charge in [-0.2, -0.15) is 0 Å². The molecule has 7 heteroatoms. The van der Waals surface area contributed by atoms with E-state index < -0.39 is 0 Å². The first-order valence-corrected chi connectivity index (χ1v) is 13.2. The van der Waals surface area contributed by atoms with Crippen LogP contribution in [-0.2, 0) is 17.8 Å². The van der Waals surface area contributed by atoms with Crippen molar-refractivity contribution in [3.63, 3.8) is 0 Å². The molecule has 6 nitrogen and oxygen atoms in total. The highest BCUT2D eigenvalue weighted by atomic mass is 32.1. The minimum Gasteiger partial charge on any atom is -0.493 e. The molecule has 0 saturated heterocycles. The third kappa shape index (κ3) is 7.34. The summed E-state index contributed by atoms with van der Waals surface area (Å²) in [6, 6.07) is 17.4. The van der Waals surface area contributed by atoms with Crippen LogP contribution in [0.1, 0.15) is 46.1 Å². The summed E-state index contributed by atoms with van der Waals surface area (Å²) in [4.78, 5) is 31.7. The van der Waals surface area contributed by atoms with Crippen molar-refractivity contribution in [3.8, 4) is 11.5 Å². The van der Waals surface area contributed by atoms with Crippen molar-refractivity contribution in [2.75, 3.05) is 33.9 Å². The molecule has 0 aliphatic rings. The number of rotatable bonds is 13. The van der Waals surface area contributed by atoms with Gasteiger partial charge >= 0.3 is 0 Å². The summed E-state index contributed by atoms with van der Waals surface area (Å²) in [5, 5.41) is 2.02. The Kier molecular flexibility index (Phi) is 10.4. The van der Waals surface area contributed by atoms with E-state index in [0.717, 1.165) is 28.8 Å². The molecule has 0 aliphatic carbocycles. The van der Waals surface area contributed by atoms with Gasteiger partial charge in [-0.25, -0.2) is 0 Å². The highest BCUT2D eigenvalue weighted by molar-refractivity contribution is 7.09. The lowest BCUT2D eigenvalue weighted by Crippen LogP contribution is -2.43. The van der Waals surface area contributed by atoms with Crippen LogP contribution in [-0.4, -0.2) is 55.5 Å². The summed E-state index contributed by atoms with van der Waals surface area (Å²) in [7, 11) is 3.23. The van der Waals surface area contributed by atoms with Crippen molar-refractivity contribution in [1.29, 1.82) is 0 Å². The van der Waals surface area contributed by atoms with Gasteiger partial charge < -0.3 is 19.3 Å².